The first-order valence-corrected chi connectivity index (χ1v) is 17.3. The molecule has 0 saturated carbocycles. The number of phenolic OH excluding ortho intramolecular Hbond substituents is 1. The lowest BCUT2D eigenvalue weighted by Gasteiger charge is -2.38. The van der Waals surface area contributed by atoms with Crippen molar-refractivity contribution in [3.05, 3.63) is 64.5 Å². The van der Waals surface area contributed by atoms with Crippen molar-refractivity contribution in [2.45, 2.75) is 92.0 Å². The number of hydroxylamine groups is 1. The van der Waals surface area contributed by atoms with Gasteiger partial charge in [-0.15, -0.1) is 0 Å². The Morgan fingerprint density at radius 1 is 1.04 bits per heavy atom. The van der Waals surface area contributed by atoms with Crippen LogP contribution in [0.5, 0.6) is 11.5 Å². The van der Waals surface area contributed by atoms with Gasteiger partial charge in [-0.25, -0.2) is 0 Å². The highest BCUT2D eigenvalue weighted by molar-refractivity contribution is 6.20. The molecule has 3 bridgehead atoms. The number of carbonyl (C=O) groups is 4. The Balaban J connectivity index is 2.20. The highest BCUT2D eigenvalue weighted by Crippen LogP contribution is 2.48. The summed E-state index contributed by atoms with van der Waals surface area (Å²) in [5.74, 6) is -8.94. The summed E-state index contributed by atoms with van der Waals surface area (Å²) in [5, 5.41) is 56.5. The first-order chi connectivity index (χ1) is 24.8. The Kier molecular flexibility index (Phi) is 14.6. The van der Waals surface area contributed by atoms with Crippen molar-refractivity contribution in [2.24, 2.45) is 23.7 Å². The van der Waals surface area contributed by atoms with E-state index in [1.54, 1.807) is 45.3 Å². The summed E-state index contributed by atoms with van der Waals surface area (Å²) in [6, 6.07) is 0. The van der Waals surface area contributed by atoms with Crippen LogP contribution in [0.3, 0.4) is 0 Å². The summed E-state index contributed by atoms with van der Waals surface area (Å²) in [6.07, 6.45) is 3.73. The Morgan fingerprint density at radius 2 is 1.70 bits per heavy atom. The summed E-state index contributed by atoms with van der Waals surface area (Å²) in [5.41, 5.74) is 0.570. The summed E-state index contributed by atoms with van der Waals surface area (Å²) < 4.78 is 23.5. The van der Waals surface area contributed by atoms with E-state index >= 15 is 0 Å². The summed E-state index contributed by atoms with van der Waals surface area (Å²) in [6.45, 7) is 12.2. The van der Waals surface area contributed by atoms with Gasteiger partial charge in [-0.05, 0) is 20.3 Å². The van der Waals surface area contributed by atoms with E-state index in [1.807, 2.05) is 0 Å². The minimum absolute atomic E-state index is 0.0137. The van der Waals surface area contributed by atoms with Gasteiger partial charge >= 0.3 is 5.97 Å². The molecule has 15 heteroatoms. The third-order valence-corrected chi connectivity index (χ3v) is 10.0. The minimum atomic E-state index is -2.02. The number of benzene rings is 1. The van der Waals surface area contributed by atoms with Crippen LogP contribution in [0.4, 0.5) is 0 Å². The molecule has 1 amide bonds. The number of fused-ring (bicyclic) bond motifs is 2. The number of aliphatic hydroxyl groups is 3. The van der Waals surface area contributed by atoms with Crippen molar-refractivity contribution < 1.29 is 63.8 Å². The van der Waals surface area contributed by atoms with Gasteiger partial charge in [0, 0.05) is 74.2 Å². The van der Waals surface area contributed by atoms with E-state index in [4.69, 9.17) is 24.2 Å². The standard InChI is InChI=1S/C38H52N2O13/c1-18-11-10-12-19(2)37(48)39-17-26(43)29-28(25(42)13-15-40-49)30-35(23(6)33(29)46)53-38(8,36(30)47)51-16-14-27(50-9)20(3)34(52-24(7)41)22(5)32(45)21(4)31(18)44/h10-13,15,17-18,20-22,27,31-32,34,40,43-46,49H,14,16H2,1-9H3,(H,39,48)/b11-10+,15-13?,19-12-,26-17-/t18-,20+,21+,22+,27-,31-,32+,34+,38-/m0/s1. The summed E-state index contributed by atoms with van der Waals surface area (Å²) >= 11 is 0. The molecular formula is C38H52N2O13. The lowest BCUT2D eigenvalue weighted by molar-refractivity contribution is -0.164. The third-order valence-electron chi connectivity index (χ3n) is 10.0. The molecule has 7 N–H and O–H groups in total. The van der Waals surface area contributed by atoms with Gasteiger partial charge in [0.05, 0.1) is 41.6 Å². The third kappa shape index (κ3) is 9.34. The number of rotatable bonds is 5. The second-order valence-electron chi connectivity index (χ2n) is 13.8. The van der Waals surface area contributed by atoms with Crippen molar-refractivity contribution in [1.82, 2.24) is 10.8 Å². The van der Waals surface area contributed by atoms with Crippen LogP contribution in [0.25, 0.3) is 5.76 Å². The zero-order valence-electron chi connectivity index (χ0n) is 31.5. The van der Waals surface area contributed by atoms with Gasteiger partial charge in [0.2, 0.25) is 5.78 Å². The van der Waals surface area contributed by atoms with Crippen LogP contribution >= 0.6 is 0 Å². The van der Waals surface area contributed by atoms with Gasteiger partial charge in [-0.2, -0.15) is 0 Å². The number of hydrogen-bond donors (Lipinski definition) is 7. The number of ketones is 2. The van der Waals surface area contributed by atoms with Crippen LogP contribution < -0.4 is 15.5 Å². The van der Waals surface area contributed by atoms with Gasteiger partial charge in [-0.3, -0.25) is 29.9 Å². The molecule has 0 fully saturated rings. The first-order valence-electron chi connectivity index (χ1n) is 17.3. The molecular weight excluding hydrogens is 692 g/mol. The Morgan fingerprint density at radius 3 is 2.30 bits per heavy atom. The maximum Gasteiger partial charge on any atom is 0.302 e. The molecule has 0 spiro atoms. The summed E-state index contributed by atoms with van der Waals surface area (Å²) in [7, 11) is 1.45. The maximum atomic E-state index is 14.1. The van der Waals surface area contributed by atoms with Gasteiger partial charge in [0.1, 0.15) is 23.4 Å². The van der Waals surface area contributed by atoms with Crippen molar-refractivity contribution in [1.29, 1.82) is 0 Å². The van der Waals surface area contributed by atoms with Crippen molar-refractivity contribution in [3.63, 3.8) is 0 Å². The molecule has 2 heterocycles. The van der Waals surface area contributed by atoms with Crippen LogP contribution in [-0.4, -0.2) is 93.0 Å². The highest BCUT2D eigenvalue weighted by atomic mass is 16.7. The van der Waals surface area contributed by atoms with Crippen molar-refractivity contribution in [2.75, 3.05) is 13.7 Å². The highest BCUT2D eigenvalue weighted by Gasteiger charge is 2.50. The molecule has 0 radical (unpaired) electrons. The number of nitrogens with one attached hydrogen (secondary N) is 2. The van der Waals surface area contributed by atoms with E-state index in [1.165, 1.54) is 40.9 Å². The molecule has 292 valence electrons. The lowest BCUT2D eigenvalue weighted by Crippen LogP contribution is -2.47. The van der Waals surface area contributed by atoms with E-state index in [9.17, 15) is 39.6 Å². The summed E-state index contributed by atoms with van der Waals surface area (Å²) in [4.78, 5) is 52.8. The molecule has 0 aliphatic carbocycles. The van der Waals surface area contributed by atoms with E-state index < -0.39 is 100.0 Å². The predicted molar refractivity (Wildman–Crippen MR) is 192 cm³/mol. The number of esters is 1. The van der Waals surface area contributed by atoms with E-state index in [-0.39, 0.29) is 35.5 Å². The number of amides is 1. The topological polar surface area (TPSA) is 230 Å². The lowest BCUT2D eigenvalue weighted by atomic mass is 9.78. The Bertz CT molecular complexity index is 1680. The fourth-order valence-corrected chi connectivity index (χ4v) is 6.74. The van der Waals surface area contributed by atoms with E-state index in [0.717, 1.165) is 18.5 Å². The molecule has 2 aliphatic rings. The largest absolute Gasteiger partial charge is 0.507 e. The van der Waals surface area contributed by atoms with Crippen LogP contribution in [0.2, 0.25) is 0 Å². The molecule has 9 atom stereocenters. The quantitative estimate of drug-likeness (QED) is 0.0986. The maximum absolute atomic E-state index is 14.1. The number of ether oxygens (including phenoxy) is 4. The molecule has 3 rings (SSSR count). The number of Topliss-reactive ketones (excluding diaryl/α,β-unsaturated/α-hetero) is 1. The monoisotopic (exact) mass is 744 g/mol. The molecule has 0 aromatic heterocycles. The predicted octanol–water partition coefficient (Wildman–Crippen LogP) is 3.78. The fourth-order valence-electron chi connectivity index (χ4n) is 6.74. The van der Waals surface area contributed by atoms with E-state index in [0.29, 0.717) is 0 Å². The van der Waals surface area contributed by atoms with Gasteiger partial charge in [0.15, 0.2) is 5.78 Å². The Hall–Kier alpha value is -4.54. The molecule has 53 heavy (non-hydrogen) atoms. The van der Waals surface area contributed by atoms with Crippen LogP contribution in [0.1, 0.15) is 86.7 Å². The van der Waals surface area contributed by atoms with Crippen LogP contribution in [0, 0.1) is 30.6 Å². The SMILES string of the molecule is CO[C@H]1CCO[C@@]2(C)Oc3c(C)c(O)c(c(C(=O)C=CNO)c3C2=O)/C(O)=C/NC(=O)/C(C)=C\C=C\[C@H](C)[C@H](O)[C@@H](C)[C@@H](O)[C@@H](C)[C@H](OC(C)=O)[C@@H]1C. The van der Waals surface area contributed by atoms with Gasteiger partial charge in [0.25, 0.3) is 11.7 Å². The van der Waals surface area contributed by atoms with Crippen LogP contribution in [-0.2, 0) is 23.8 Å². The van der Waals surface area contributed by atoms with E-state index in [2.05, 4.69) is 5.32 Å². The number of methoxy groups -OCH3 is 1. The van der Waals surface area contributed by atoms with Crippen molar-refractivity contribution in [3.8, 4) is 11.5 Å². The molecule has 2 aliphatic heterocycles. The fraction of sp³-hybridized carbons (Fsp3) is 0.526. The molecule has 0 unspecified atom stereocenters. The number of allylic oxidation sites excluding steroid dienone is 3. The number of hydrogen-bond acceptors (Lipinski definition) is 14. The first kappa shape index (κ1) is 42.9. The van der Waals surface area contributed by atoms with Gasteiger partial charge < -0.3 is 44.7 Å². The molecule has 15 nitrogen and oxygen atoms in total. The number of aliphatic hydroxyl groups excluding tert-OH is 3. The average Bonchev–Trinajstić information content (AvgIpc) is 3.38. The second kappa shape index (κ2) is 18.0. The minimum Gasteiger partial charge on any atom is -0.507 e. The smallest absolute Gasteiger partial charge is 0.302 e. The molecule has 1 aromatic rings. The van der Waals surface area contributed by atoms with Gasteiger partial charge in [-0.1, -0.05) is 45.9 Å². The number of carbonyl (C=O) groups excluding carboxylic acids is 4. The number of phenols is 1. The Labute approximate surface area is 308 Å². The zero-order chi connectivity index (χ0) is 39.9. The van der Waals surface area contributed by atoms with Crippen molar-refractivity contribution >= 4 is 29.2 Å². The zero-order valence-corrected chi connectivity index (χ0v) is 31.5. The normalized spacial score (nSPS) is 33.1. The average molecular weight is 745 g/mol. The number of aromatic hydroxyl groups is 1. The molecule has 1 aromatic carbocycles. The molecule has 0 saturated heterocycles. The van der Waals surface area contributed by atoms with Crippen LogP contribution in [0.15, 0.2) is 42.3 Å². The second-order valence-corrected chi connectivity index (χ2v) is 13.8.